The van der Waals surface area contributed by atoms with Gasteiger partial charge in [0.2, 0.25) is 0 Å². The average molecular weight is 280 g/mol. The Kier molecular flexibility index (Phi) is 4.74. The van der Waals surface area contributed by atoms with Gasteiger partial charge in [0, 0.05) is 11.3 Å². The van der Waals surface area contributed by atoms with E-state index in [9.17, 15) is 5.11 Å². The molecule has 1 heterocycles. The van der Waals surface area contributed by atoms with Gasteiger partial charge in [0.1, 0.15) is 5.82 Å². The molecule has 1 atom stereocenters. The maximum Gasteiger partial charge on any atom is 0.174 e. The minimum atomic E-state index is -0.364. The first kappa shape index (κ1) is 13.5. The van der Waals surface area contributed by atoms with Crippen molar-refractivity contribution in [1.29, 1.82) is 0 Å². The van der Waals surface area contributed by atoms with Gasteiger partial charge in [0.15, 0.2) is 4.34 Å². The number of rotatable bonds is 5. The van der Waals surface area contributed by atoms with Crippen molar-refractivity contribution in [2.45, 2.75) is 42.0 Å². The smallest absolute Gasteiger partial charge is 0.174 e. The summed E-state index contributed by atoms with van der Waals surface area (Å²) < 4.78 is 5.23. The van der Waals surface area contributed by atoms with Crippen LogP contribution < -0.4 is 0 Å². The first-order valence-electron chi connectivity index (χ1n) is 6.01. The number of aromatic nitrogens is 2. The van der Waals surface area contributed by atoms with E-state index in [1.54, 1.807) is 11.8 Å². The fraction of sp³-hybridized carbons (Fsp3) is 0.385. The second-order valence-electron chi connectivity index (χ2n) is 3.93. The van der Waals surface area contributed by atoms with Crippen LogP contribution >= 0.6 is 23.3 Å². The van der Waals surface area contributed by atoms with Crippen molar-refractivity contribution in [3.05, 3.63) is 35.7 Å². The van der Waals surface area contributed by atoms with E-state index in [0.717, 1.165) is 33.5 Å². The first-order valence-corrected chi connectivity index (χ1v) is 7.60. The summed E-state index contributed by atoms with van der Waals surface area (Å²) in [6.07, 6.45) is 1.25. The topological polar surface area (TPSA) is 46.0 Å². The molecule has 96 valence electrons. The molecule has 0 radical (unpaired) electrons. The molecular weight excluding hydrogens is 264 g/mol. The van der Waals surface area contributed by atoms with Gasteiger partial charge in [0.25, 0.3) is 0 Å². The summed E-state index contributed by atoms with van der Waals surface area (Å²) in [4.78, 5) is 5.54. The summed E-state index contributed by atoms with van der Waals surface area (Å²) in [5.41, 5.74) is 0.966. The number of nitrogens with zero attached hydrogens (tertiary/aromatic N) is 2. The highest BCUT2D eigenvalue weighted by atomic mass is 32.2. The van der Waals surface area contributed by atoms with Crippen LogP contribution in [0.25, 0.3) is 0 Å². The molecule has 0 saturated heterocycles. The zero-order chi connectivity index (χ0) is 13.0. The molecule has 1 aromatic heterocycles. The van der Waals surface area contributed by atoms with Gasteiger partial charge >= 0.3 is 0 Å². The average Bonchev–Trinajstić information content (AvgIpc) is 2.86. The van der Waals surface area contributed by atoms with Gasteiger partial charge in [-0.25, -0.2) is 4.98 Å². The molecule has 2 aromatic rings. The van der Waals surface area contributed by atoms with Crippen LogP contribution in [0.3, 0.4) is 0 Å². The number of hydrogen-bond donors (Lipinski definition) is 1. The van der Waals surface area contributed by atoms with E-state index in [4.69, 9.17) is 0 Å². The Balaban J connectivity index is 2.06. The van der Waals surface area contributed by atoms with Crippen molar-refractivity contribution in [1.82, 2.24) is 9.36 Å². The zero-order valence-corrected chi connectivity index (χ0v) is 12.1. The molecule has 5 heteroatoms. The van der Waals surface area contributed by atoms with Gasteiger partial charge in [-0.05, 0) is 35.6 Å². The second-order valence-corrected chi connectivity index (χ2v) is 6.00. The molecule has 3 nitrogen and oxygen atoms in total. The molecule has 2 rings (SSSR count). The van der Waals surface area contributed by atoms with Crippen molar-refractivity contribution >= 4 is 23.3 Å². The fourth-order valence-corrected chi connectivity index (χ4v) is 3.19. The van der Waals surface area contributed by atoms with E-state index in [2.05, 4.69) is 16.3 Å². The van der Waals surface area contributed by atoms with E-state index < -0.39 is 0 Å². The molecule has 1 aromatic carbocycles. The van der Waals surface area contributed by atoms with Crippen molar-refractivity contribution in [2.75, 3.05) is 0 Å². The van der Waals surface area contributed by atoms with Gasteiger partial charge < -0.3 is 5.11 Å². The van der Waals surface area contributed by atoms with E-state index in [1.807, 2.05) is 31.2 Å². The fourth-order valence-electron chi connectivity index (χ4n) is 1.52. The third kappa shape index (κ3) is 3.31. The third-order valence-corrected chi connectivity index (χ3v) is 4.42. The van der Waals surface area contributed by atoms with Gasteiger partial charge in [0.05, 0.1) is 6.10 Å². The van der Waals surface area contributed by atoms with Crippen molar-refractivity contribution in [3.63, 3.8) is 0 Å². The quantitative estimate of drug-likeness (QED) is 0.907. The van der Waals surface area contributed by atoms with Crippen LogP contribution in [0.4, 0.5) is 0 Å². The van der Waals surface area contributed by atoms with Gasteiger partial charge in [-0.3, -0.25) is 0 Å². The third-order valence-electron chi connectivity index (χ3n) is 2.62. The molecule has 0 spiro atoms. The molecule has 0 aliphatic heterocycles. The Hall–Kier alpha value is -0.910. The van der Waals surface area contributed by atoms with Gasteiger partial charge in [-0.1, -0.05) is 37.7 Å². The number of hydrogen-bond acceptors (Lipinski definition) is 5. The lowest BCUT2D eigenvalue weighted by atomic mass is 10.1. The summed E-state index contributed by atoms with van der Waals surface area (Å²) >= 11 is 3.05. The minimum Gasteiger partial charge on any atom is -0.388 e. The number of aliphatic hydroxyl groups excluding tert-OH is 1. The van der Waals surface area contributed by atoms with Crippen LogP contribution in [-0.4, -0.2) is 14.5 Å². The Labute approximate surface area is 115 Å². The van der Waals surface area contributed by atoms with E-state index in [-0.39, 0.29) is 6.10 Å². The number of benzene rings is 1. The first-order chi connectivity index (χ1) is 8.72. The Bertz CT molecular complexity index is 496. The highest BCUT2D eigenvalue weighted by Crippen LogP contribution is 2.30. The Morgan fingerprint density at radius 3 is 2.56 bits per heavy atom. The SMILES string of the molecule is CCc1nsc(Sc2ccc(C(O)CC)cc2)n1. The maximum atomic E-state index is 9.72. The lowest BCUT2D eigenvalue weighted by Crippen LogP contribution is -1.93. The molecule has 0 bridgehead atoms. The molecular formula is C13H16N2OS2. The van der Waals surface area contributed by atoms with Gasteiger partial charge in [-0.2, -0.15) is 4.37 Å². The highest BCUT2D eigenvalue weighted by Gasteiger charge is 2.07. The minimum absolute atomic E-state index is 0.364. The van der Waals surface area contributed by atoms with Crippen molar-refractivity contribution in [3.8, 4) is 0 Å². The summed E-state index contributed by atoms with van der Waals surface area (Å²) in [6, 6.07) is 7.98. The van der Waals surface area contributed by atoms with Crippen molar-refractivity contribution in [2.24, 2.45) is 0 Å². The zero-order valence-electron chi connectivity index (χ0n) is 10.5. The maximum absolute atomic E-state index is 9.72. The van der Waals surface area contributed by atoms with Crippen LogP contribution in [0.2, 0.25) is 0 Å². The molecule has 18 heavy (non-hydrogen) atoms. The van der Waals surface area contributed by atoms with E-state index >= 15 is 0 Å². The van der Waals surface area contributed by atoms with Crippen LogP contribution in [-0.2, 0) is 6.42 Å². The molecule has 1 N–H and O–H groups in total. The second kappa shape index (κ2) is 6.31. The monoisotopic (exact) mass is 280 g/mol. The highest BCUT2D eigenvalue weighted by molar-refractivity contribution is 8.01. The van der Waals surface area contributed by atoms with Crippen LogP contribution in [0.15, 0.2) is 33.5 Å². The molecule has 1 unspecified atom stereocenters. The van der Waals surface area contributed by atoms with Crippen LogP contribution in [0.5, 0.6) is 0 Å². The summed E-state index contributed by atoms with van der Waals surface area (Å²) in [5, 5.41) is 9.72. The molecule has 0 saturated carbocycles. The lowest BCUT2D eigenvalue weighted by molar-refractivity contribution is 0.173. The van der Waals surface area contributed by atoms with Gasteiger partial charge in [-0.15, -0.1) is 0 Å². The largest absolute Gasteiger partial charge is 0.388 e. The van der Waals surface area contributed by atoms with Crippen LogP contribution in [0.1, 0.15) is 37.8 Å². The Morgan fingerprint density at radius 1 is 1.28 bits per heavy atom. The molecule has 0 aliphatic rings. The molecule has 0 amide bonds. The molecule has 0 fully saturated rings. The summed E-state index contributed by atoms with van der Waals surface area (Å²) in [6.45, 7) is 4.03. The summed E-state index contributed by atoms with van der Waals surface area (Å²) in [5.74, 6) is 0.903. The van der Waals surface area contributed by atoms with E-state index in [0.29, 0.717) is 0 Å². The summed E-state index contributed by atoms with van der Waals surface area (Å²) in [7, 11) is 0. The predicted octanol–water partition coefficient (Wildman–Crippen LogP) is 3.70. The lowest BCUT2D eigenvalue weighted by Gasteiger charge is -2.08. The number of aliphatic hydroxyl groups is 1. The van der Waals surface area contributed by atoms with Crippen LogP contribution in [0, 0.1) is 0 Å². The normalized spacial score (nSPS) is 12.6. The van der Waals surface area contributed by atoms with Crippen molar-refractivity contribution < 1.29 is 5.11 Å². The molecule has 0 aliphatic carbocycles. The van der Waals surface area contributed by atoms with E-state index in [1.165, 1.54) is 11.5 Å². The number of aryl methyl sites for hydroxylation is 1. The Morgan fingerprint density at radius 2 is 2.00 bits per heavy atom. The standard InChI is InChI=1S/C13H16N2OS2/c1-3-11(16)9-5-7-10(8-6-9)17-13-14-12(4-2)15-18-13/h5-8,11,16H,3-4H2,1-2H3. The predicted molar refractivity (Wildman–Crippen MR) is 75.1 cm³/mol.